The lowest BCUT2D eigenvalue weighted by Crippen LogP contribution is -2.14. The smallest absolute Gasteiger partial charge is 0.234 e. The third-order valence-electron chi connectivity index (χ3n) is 4.47. The van der Waals surface area contributed by atoms with E-state index in [1.165, 1.54) is 11.8 Å². The summed E-state index contributed by atoms with van der Waals surface area (Å²) >= 11 is 13.3. The molecule has 1 aromatic heterocycles. The van der Waals surface area contributed by atoms with Crippen LogP contribution in [-0.4, -0.2) is 26.4 Å². The zero-order chi connectivity index (χ0) is 21.8. The van der Waals surface area contributed by atoms with Gasteiger partial charge in [0.2, 0.25) is 5.91 Å². The number of carbonyl (C=O) groups is 1. The van der Waals surface area contributed by atoms with Crippen LogP contribution in [0.5, 0.6) is 0 Å². The quantitative estimate of drug-likeness (QED) is 0.338. The minimum atomic E-state index is -0.154. The van der Waals surface area contributed by atoms with Crippen molar-refractivity contribution in [1.82, 2.24) is 14.8 Å². The first-order chi connectivity index (χ1) is 15.0. The van der Waals surface area contributed by atoms with Gasteiger partial charge in [-0.1, -0.05) is 58.7 Å². The molecule has 1 heterocycles. The van der Waals surface area contributed by atoms with Crippen molar-refractivity contribution >= 4 is 46.6 Å². The van der Waals surface area contributed by atoms with Gasteiger partial charge in [-0.25, -0.2) is 0 Å². The summed E-state index contributed by atoms with van der Waals surface area (Å²) in [5.74, 6) is 0.703. The average Bonchev–Trinajstić information content (AvgIpc) is 3.17. The molecular formula is C23H18Cl2N4OS. The van der Waals surface area contributed by atoms with Gasteiger partial charge in [0.05, 0.1) is 5.75 Å². The maximum absolute atomic E-state index is 12.5. The fraction of sp³-hybridized carbons (Fsp3) is 0.0870. The highest BCUT2D eigenvalue weighted by Gasteiger charge is 2.17. The number of carbonyl (C=O) groups excluding carboxylic acids is 1. The van der Waals surface area contributed by atoms with Gasteiger partial charge in [0.1, 0.15) is 0 Å². The van der Waals surface area contributed by atoms with E-state index >= 15 is 0 Å². The van der Waals surface area contributed by atoms with Crippen LogP contribution in [0.2, 0.25) is 10.0 Å². The highest BCUT2D eigenvalue weighted by atomic mass is 35.5. The minimum Gasteiger partial charge on any atom is -0.325 e. The van der Waals surface area contributed by atoms with Crippen LogP contribution < -0.4 is 5.32 Å². The van der Waals surface area contributed by atoms with E-state index in [2.05, 4.69) is 15.5 Å². The van der Waals surface area contributed by atoms with Gasteiger partial charge in [-0.2, -0.15) is 0 Å². The highest BCUT2D eigenvalue weighted by molar-refractivity contribution is 7.99. The Morgan fingerprint density at radius 1 is 0.968 bits per heavy atom. The number of nitrogens with zero attached hydrogens (tertiary/aromatic N) is 3. The normalized spacial score (nSPS) is 10.8. The summed E-state index contributed by atoms with van der Waals surface area (Å²) in [7, 11) is 0. The van der Waals surface area contributed by atoms with Gasteiger partial charge < -0.3 is 5.32 Å². The molecule has 0 aliphatic carbocycles. The van der Waals surface area contributed by atoms with Gasteiger partial charge in [0.15, 0.2) is 11.0 Å². The molecule has 1 N–H and O–H groups in total. The number of halogens is 2. The summed E-state index contributed by atoms with van der Waals surface area (Å²) in [6, 6.07) is 22.6. The first-order valence-corrected chi connectivity index (χ1v) is 11.2. The molecule has 0 bridgehead atoms. The first kappa shape index (κ1) is 21.4. The second-order valence-corrected chi connectivity index (χ2v) is 8.65. The standard InChI is InChI=1S/C23H18Cl2N4OS/c1-15-5-11-20(12-6-15)29-22(16-7-9-17(24)10-8-16)27-28-23(29)31-14-21(30)26-19-4-2-3-18(25)13-19/h2-13H,14H2,1H3,(H,26,30). The molecule has 156 valence electrons. The Balaban J connectivity index is 1.60. The molecule has 0 spiro atoms. The van der Waals surface area contributed by atoms with Crippen LogP contribution in [0.15, 0.2) is 78.0 Å². The molecule has 0 atom stereocenters. The van der Waals surface area contributed by atoms with Crippen LogP contribution in [-0.2, 0) is 4.79 Å². The fourth-order valence-corrected chi connectivity index (χ4v) is 4.04. The van der Waals surface area contributed by atoms with E-state index < -0.39 is 0 Å². The topological polar surface area (TPSA) is 59.8 Å². The lowest BCUT2D eigenvalue weighted by Gasteiger charge is -2.11. The molecule has 4 rings (SSSR count). The number of amides is 1. The van der Waals surface area contributed by atoms with Gasteiger partial charge in [0.25, 0.3) is 0 Å². The monoisotopic (exact) mass is 468 g/mol. The number of benzene rings is 3. The third kappa shape index (κ3) is 5.28. The van der Waals surface area contributed by atoms with Crippen molar-refractivity contribution in [1.29, 1.82) is 0 Å². The summed E-state index contributed by atoms with van der Waals surface area (Å²) in [5, 5.41) is 13.4. The Morgan fingerprint density at radius 3 is 2.42 bits per heavy atom. The van der Waals surface area contributed by atoms with Gasteiger partial charge >= 0.3 is 0 Å². The molecule has 0 unspecified atom stereocenters. The molecule has 0 saturated carbocycles. The van der Waals surface area contributed by atoms with Crippen molar-refractivity contribution in [3.8, 4) is 17.1 Å². The number of rotatable bonds is 6. The van der Waals surface area contributed by atoms with E-state index in [-0.39, 0.29) is 11.7 Å². The summed E-state index contributed by atoms with van der Waals surface area (Å²) in [6.45, 7) is 2.03. The predicted octanol–water partition coefficient (Wildman–Crippen LogP) is 6.28. The summed E-state index contributed by atoms with van der Waals surface area (Å²) in [5.41, 5.74) is 3.60. The van der Waals surface area contributed by atoms with Crippen molar-refractivity contribution in [2.24, 2.45) is 0 Å². The van der Waals surface area contributed by atoms with E-state index in [0.717, 1.165) is 16.8 Å². The number of nitrogens with one attached hydrogen (secondary N) is 1. The van der Waals surface area contributed by atoms with Gasteiger partial charge in [-0.3, -0.25) is 9.36 Å². The number of aromatic nitrogens is 3. The second kappa shape index (κ2) is 9.56. The Kier molecular flexibility index (Phi) is 6.61. The lowest BCUT2D eigenvalue weighted by molar-refractivity contribution is -0.113. The Morgan fingerprint density at radius 2 is 1.71 bits per heavy atom. The van der Waals surface area contributed by atoms with E-state index in [4.69, 9.17) is 23.2 Å². The number of aryl methyl sites for hydroxylation is 1. The molecule has 5 nitrogen and oxygen atoms in total. The molecule has 8 heteroatoms. The maximum atomic E-state index is 12.5. The Hall–Kier alpha value is -2.80. The van der Waals surface area contributed by atoms with Gasteiger partial charge in [0, 0.05) is 27.0 Å². The van der Waals surface area contributed by atoms with Gasteiger partial charge in [-0.15, -0.1) is 10.2 Å². The van der Waals surface area contributed by atoms with Crippen LogP contribution in [0.4, 0.5) is 5.69 Å². The highest BCUT2D eigenvalue weighted by Crippen LogP contribution is 2.29. The number of hydrogen-bond acceptors (Lipinski definition) is 4. The SMILES string of the molecule is Cc1ccc(-n2c(SCC(=O)Nc3cccc(Cl)c3)nnc2-c2ccc(Cl)cc2)cc1. The molecule has 3 aromatic carbocycles. The predicted molar refractivity (Wildman–Crippen MR) is 127 cm³/mol. The van der Waals surface area contributed by atoms with Crippen molar-refractivity contribution < 1.29 is 4.79 Å². The fourth-order valence-electron chi connectivity index (χ4n) is 2.97. The Labute approximate surface area is 194 Å². The van der Waals surface area contributed by atoms with E-state index in [1.807, 2.05) is 60.0 Å². The zero-order valence-electron chi connectivity index (χ0n) is 16.5. The van der Waals surface area contributed by atoms with Crippen molar-refractivity contribution in [3.63, 3.8) is 0 Å². The minimum absolute atomic E-state index is 0.154. The largest absolute Gasteiger partial charge is 0.325 e. The van der Waals surface area contributed by atoms with Crippen LogP contribution in [0.1, 0.15) is 5.56 Å². The van der Waals surface area contributed by atoms with E-state index in [0.29, 0.717) is 26.7 Å². The molecule has 0 aliphatic rings. The van der Waals surface area contributed by atoms with E-state index in [9.17, 15) is 4.79 Å². The maximum Gasteiger partial charge on any atom is 0.234 e. The zero-order valence-corrected chi connectivity index (χ0v) is 18.9. The third-order valence-corrected chi connectivity index (χ3v) is 5.88. The lowest BCUT2D eigenvalue weighted by atomic mass is 10.2. The van der Waals surface area contributed by atoms with Crippen molar-refractivity contribution in [2.75, 3.05) is 11.1 Å². The molecule has 31 heavy (non-hydrogen) atoms. The van der Waals surface area contributed by atoms with Crippen LogP contribution in [0.3, 0.4) is 0 Å². The molecule has 1 amide bonds. The van der Waals surface area contributed by atoms with E-state index in [1.54, 1.807) is 24.3 Å². The summed E-state index contributed by atoms with van der Waals surface area (Å²) < 4.78 is 1.94. The van der Waals surface area contributed by atoms with Gasteiger partial charge in [-0.05, 0) is 61.5 Å². The Bertz CT molecular complexity index is 1210. The molecule has 0 radical (unpaired) electrons. The molecule has 0 saturated heterocycles. The molecule has 0 fully saturated rings. The van der Waals surface area contributed by atoms with Crippen LogP contribution in [0.25, 0.3) is 17.1 Å². The number of anilines is 1. The molecule has 0 aliphatic heterocycles. The second-order valence-electron chi connectivity index (χ2n) is 6.83. The van der Waals surface area contributed by atoms with Crippen LogP contribution >= 0.6 is 35.0 Å². The molecule has 4 aromatic rings. The first-order valence-electron chi connectivity index (χ1n) is 9.46. The van der Waals surface area contributed by atoms with Crippen molar-refractivity contribution in [2.45, 2.75) is 12.1 Å². The summed E-state index contributed by atoms with van der Waals surface area (Å²) in [4.78, 5) is 12.5. The van der Waals surface area contributed by atoms with Crippen molar-refractivity contribution in [3.05, 3.63) is 88.4 Å². The average molecular weight is 469 g/mol. The van der Waals surface area contributed by atoms with Crippen LogP contribution in [0, 0.1) is 6.92 Å². The molecular weight excluding hydrogens is 451 g/mol. The number of hydrogen-bond donors (Lipinski definition) is 1. The number of thioether (sulfide) groups is 1. The summed E-state index contributed by atoms with van der Waals surface area (Å²) in [6.07, 6.45) is 0.